The van der Waals surface area contributed by atoms with Crippen LogP contribution in [0.5, 0.6) is 11.5 Å². The minimum Gasteiger partial charge on any atom is -0.493 e. The second-order valence-corrected chi connectivity index (χ2v) is 9.10. The Morgan fingerprint density at radius 2 is 1.74 bits per heavy atom. The van der Waals surface area contributed by atoms with Crippen LogP contribution in [-0.2, 0) is 14.8 Å². The minimum atomic E-state index is -4.46. The van der Waals surface area contributed by atoms with Gasteiger partial charge in [0.05, 0.1) is 41.0 Å². The maximum atomic E-state index is 14.7. The molecule has 0 aliphatic rings. The van der Waals surface area contributed by atoms with Gasteiger partial charge in [0.1, 0.15) is 12.4 Å². The van der Waals surface area contributed by atoms with Gasteiger partial charge in [-0.1, -0.05) is 18.2 Å². The lowest BCUT2D eigenvalue weighted by Gasteiger charge is -2.25. The maximum absolute atomic E-state index is 14.7. The summed E-state index contributed by atoms with van der Waals surface area (Å²) in [6, 6.07) is 13.0. The fourth-order valence-corrected chi connectivity index (χ4v) is 4.78. The molecule has 3 rings (SSSR count). The van der Waals surface area contributed by atoms with Gasteiger partial charge in [0.15, 0.2) is 11.5 Å². The zero-order valence-electron chi connectivity index (χ0n) is 19.0. The van der Waals surface area contributed by atoms with Gasteiger partial charge in [-0.3, -0.25) is 19.2 Å². The van der Waals surface area contributed by atoms with Crippen LogP contribution < -0.4 is 19.1 Å². The van der Waals surface area contributed by atoms with Crippen molar-refractivity contribution < 1.29 is 32.0 Å². The van der Waals surface area contributed by atoms with Gasteiger partial charge in [0, 0.05) is 12.1 Å². The highest BCUT2D eigenvalue weighted by atomic mass is 32.2. The number of para-hydroxylation sites is 1. The molecule has 0 spiro atoms. The Labute approximate surface area is 201 Å². The average molecular weight is 504 g/mol. The number of carbonyl (C=O) groups excluding carboxylic acids is 1. The van der Waals surface area contributed by atoms with Crippen LogP contribution in [0, 0.1) is 22.9 Å². The summed E-state index contributed by atoms with van der Waals surface area (Å²) in [5, 5.41) is 13.7. The molecule has 0 atom stereocenters. The number of nitrogens with one attached hydrogen (secondary N) is 1. The second kappa shape index (κ2) is 10.4. The SMILES string of the molecule is COc1ccc(S(=O)(=O)N(CC(=O)Nc2cccc([N+](=O)[O-])c2C)c2ccccc2F)cc1OC. The summed E-state index contributed by atoms with van der Waals surface area (Å²) in [5.41, 5.74) is -0.257. The average Bonchev–Trinajstić information content (AvgIpc) is 2.83. The molecule has 0 unspecified atom stereocenters. The van der Waals surface area contributed by atoms with Crippen LogP contribution in [0.15, 0.2) is 65.6 Å². The van der Waals surface area contributed by atoms with Gasteiger partial charge < -0.3 is 14.8 Å². The van der Waals surface area contributed by atoms with Crippen molar-refractivity contribution in [1.82, 2.24) is 0 Å². The zero-order chi connectivity index (χ0) is 25.8. The van der Waals surface area contributed by atoms with Crippen molar-refractivity contribution in [3.63, 3.8) is 0 Å². The van der Waals surface area contributed by atoms with Crippen LogP contribution in [0.4, 0.5) is 21.5 Å². The standard InChI is InChI=1S/C23H22FN3O7S/c1-15-18(8-6-10-19(15)27(29)30)25-23(28)14-26(20-9-5-4-7-17(20)24)35(31,32)16-11-12-21(33-2)22(13-16)34-3/h4-13H,14H2,1-3H3,(H,25,28). The van der Waals surface area contributed by atoms with Crippen LogP contribution in [0.1, 0.15) is 5.56 Å². The topological polar surface area (TPSA) is 128 Å². The quantitative estimate of drug-likeness (QED) is 0.346. The number of nitro benzene ring substituents is 1. The molecule has 0 saturated heterocycles. The first-order valence-electron chi connectivity index (χ1n) is 10.1. The summed E-state index contributed by atoms with van der Waals surface area (Å²) in [6.07, 6.45) is 0. The number of anilines is 2. The Hall–Kier alpha value is -4.19. The highest BCUT2D eigenvalue weighted by Gasteiger charge is 2.30. The lowest BCUT2D eigenvalue weighted by Crippen LogP contribution is -2.38. The normalized spacial score (nSPS) is 11.0. The predicted molar refractivity (Wildman–Crippen MR) is 127 cm³/mol. The Morgan fingerprint density at radius 3 is 2.37 bits per heavy atom. The van der Waals surface area contributed by atoms with E-state index in [1.54, 1.807) is 0 Å². The number of halogens is 1. The molecule has 184 valence electrons. The van der Waals surface area contributed by atoms with E-state index in [2.05, 4.69) is 5.32 Å². The van der Waals surface area contributed by atoms with E-state index in [4.69, 9.17) is 9.47 Å². The molecule has 0 bridgehead atoms. The molecular formula is C23H22FN3O7S. The van der Waals surface area contributed by atoms with Crippen LogP contribution in [0.2, 0.25) is 0 Å². The van der Waals surface area contributed by atoms with Crippen molar-refractivity contribution >= 4 is 33.0 Å². The first kappa shape index (κ1) is 25.4. The number of ether oxygens (including phenoxy) is 2. The van der Waals surface area contributed by atoms with Crippen molar-refractivity contribution in [2.24, 2.45) is 0 Å². The number of nitro groups is 1. The molecule has 0 saturated carbocycles. The van der Waals surface area contributed by atoms with E-state index in [1.165, 1.54) is 75.7 Å². The molecule has 0 fully saturated rings. The molecule has 12 heteroatoms. The van der Waals surface area contributed by atoms with Crippen LogP contribution in [-0.4, -0.2) is 40.0 Å². The second-order valence-electron chi connectivity index (χ2n) is 7.23. The molecule has 0 aliphatic heterocycles. The predicted octanol–water partition coefficient (Wildman–Crippen LogP) is 3.89. The minimum absolute atomic E-state index is 0.124. The molecule has 35 heavy (non-hydrogen) atoms. The summed E-state index contributed by atoms with van der Waals surface area (Å²) in [6.45, 7) is 0.641. The largest absolute Gasteiger partial charge is 0.493 e. The van der Waals surface area contributed by atoms with Crippen molar-refractivity contribution in [1.29, 1.82) is 0 Å². The summed E-state index contributed by atoms with van der Waals surface area (Å²) in [4.78, 5) is 23.2. The van der Waals surface area contributed by atoms with Gasteiger partial charge in [0.25, 0.3) is 15.7 Å². The lowest BCUT2D eigenvalue weighted by atomic mass is 10.1. The molecule has 3 aromatic rings. The smallest absolute Gasteiger partial charge is 0.274 e. The van der Waals surface area contributed by atoms with Crippen LogP contribution >= 0.6 is 0 Å². The van der Waals surface area contributed by atoms with Crippen molar-refractivity contribution in [3.05, 3.63) is 82.2 Å². The molecule has 0 radical (unpaired) electrons. The van der Waals surface area contributed by atoms with E-state index >= 15 is 0 Å². The maximum Gasteiger partial charge on any atom is 0.274 e. The highest BCUT2D eigenvalue weighted by molar-refractivity contribution is 7.92. The number of amides is 1. The summed E-state index contributed by atoms with van der Waals surface area (Å²) in [5.74, 6) is -1.29. The van der Waals surface area contributed by atoms with E-state index in [-0.39, 0.29) is 39.0 Å². The van der Waals surface area contributed by atoms with E-state index in [9.17, 15) is 27.7 Å². The molecule has 0 aliphatic carbocycles. The molecule has 3 aromatic carbocycles. The number of hydrogen-bond donors (Lipinski definition) is 1. The first-order chi connectivity index (χ1) is 16.6. The molecule has 0 aromatic heterocycles. The van der Waals surface area contributed by atoms with Crippen molar-refractivity contribution in [2.45, 2.75) is 11.8 Å². The van der Waals surface area contributed by atoms with Gasteiger partial charge in [-0.05, 0) is 37.3 Å². The van der Waals surface area contributed by atoms with Gasteiger partial charge in [-0.25, -0.2) is 12.8 Å². The Kier molecular flexibility index (Phi) is 7.55. The van der Waals surface area contributed by atoms with Crippen molar-refractivity contribution in [3.8, 4) is 11.5 Å². The van der Waals surface area contributed by atoms with Gasteiger partial charge in [-0.2, -0.15) is 0 Å². The third-order valence-electron chi connectivity index (χ3n) is 5.13. The van der Waals surface area contributed by atoms with E-state index < -0.39 is 33.2 Å². The molecular weight excluding hydrogens is 481 g/mol. The molecule has 10 nitrogen and oxygen atoms in total. The van der Waals surface area contributed by atoms with E-state index in [0.717, 1.165) is 6.07 Å². The summed E-state index contributed by atoms with van der Waals surface area (Å²) in [7, 11) is -1.75. The Balaban J connectivity index is 2.02. The number of methoxy groups -OCH3 is 2. The molecule has 1 N–H and O–H groups in total. The fourth-order valence-electron chi connectivity index (χ4n) is 3.33. The third-order valence-corrected chi connectivity index (χ3v) is 6.88. The van der Waals surface area contributed by atoms with Gasteiger partial charge in [-0.15, -0.1) is 0 Å². The van der Waals surface area contributed by atoms with E-state index in [1.807, 2.05) is 0 Å². The fraction of sp³-hybridized carbons (Fsp3) is 0.174. The zero-order valence-corrected chi connectivity index (χ0v) is 19.8. The summed E-state index contributed by atoms with van der Waals surface area (Å²) >= 11 is 0. The van der Waals surface area contributed by atoms with Crippen molar-refractivity contribution in [2.75, 3.05) is 30.4 Å². The number of rotatable bonds is 9. The third kappa shape index (κ3) is 5.32. The Morgan fingerprint density at radius 1 is 1.06 bits per heavy atom. The molecule has 1 amide bonds. The number of hydrogen-bond acceptors (Lipinski definition) is 7. The first-order valence-corrected chi connectivity index (χ1v) is 11.6. The molecule has 0 heterocycles. The lowest BCUT2D eigenvalue weighted by molar-refractivity contribution is -0.385. The van der Waals surface area contributed by atoms with E-state index in [0.29, 0.717) is 4.31 Å². The number of carbonyl (C=O) groups is 1. The van der Waals surface area contributed by atoms with Gasteiger partial charge >= 0.3 is 0 Å². The number of benzene rings is 3. The highest BCUT2D eigenvalue weighted by Crippen LogP contribution is 2.33. The number of nitrogens with zero attached hydrogens (tertiary/aromatic N) is 2. The van der Waals surface area contributed by atoms with Crippen LogP contribution in [0.3, 0.4) is 0 Å². The monoisotopic (exact) mass is 503 g/mol. The van der Waals surface area contributed by atoms with Gasteiger partial charge in [0.2, 0.25) is 5.91 Å². The summed E-state index contributed by atoms with van der Waals surface area (Å²) < 4.78 is 52.7. The Bertz CT molecular complexity index is 1380. The number of sulfonamides is 1. The van der Waals surface area contributed by atoms with Crippen LogP contribution in [0.25, 0.3) is 0 Å².